The highest BCUT2D eigenvalue weighted by Gasteiger charge is 2.40. The topological polar surface area (TPSA) is 108 Å². The Morgan fingerprint density at radius 2 is 1.41 bits per heavy atom. The van der Waals surface area contributed by atoms with E-state index in [4.69, 9.17) is 4.98 Å². The fourth-order valence-electron chi connectivity index (χ4n) is 6.30. The van der Waals surface area contributed by atoms with Crippen LogP contribution in [0.5, 0.6) is 0 Å². The number of para-hydroxylation sites is 1. The summed E-state index contributed by atoms with van der Waals surface area (Å²) in [5, 5.41) is 3.91. The summed E-state index contributed by atoms with van der Waals surface area (Å²) in [6.07, 6.45) is 1.48. The largest absolute Gasteiger partial charge is 0.340 e. The van der Waals surface area contributed by atoms with Gasteiger partial charge in [0.05, 0.1) is 20.8 Å². The fourth-order valence-corrected chi connectivity index (χ4v) is 8.47. The third-order valence-corrected chi connectivity index (χ3v) is 10.9. The molecule has 220 valence electrons. The van der Waals surface area contributed by atoms with Crippen molar-refractivity contribution in [3.8, 4) is 0 Å². The van der Waals surface area contributed by atoms with Gasteiger partial charge in [0.15, 0.2) is 5.78 Å². The number of likely N-dealkylation sites (tertiary alicyclic amines) is 1. The van der Waals surface area contributed by atoms with Crippen molar-refractivity contribution in [3.05, 3.63) is 125 Å². The molecule has 1 aliphatic heterocycles. The molecule has 0 bridgehead atoms. The Balaban J connectivity index is 1.25. The van der Waals surface area contributed by atoms with E-state index in [1.807, 2.05) is 60.7 Å². The number of carbonyl (C=O) groups is 2. The van der Waals surface area contributed by atoms with Crippen LogP contribution < -0.4 is 0 Å². The molecule has 7 nitrogen and oxygen atoms in total. The first-order valence-corrected chi connectivity index (χ1v) is 17.0. The highest BCUT2D eigenvalue weighted by atomic mass is 32.1. The Morgan fingerprint density at radius 1 is 0.795 bits per heavy atom. The number of fused-ring (bicyclic) bond motifs is 3. The molecule has 1 saturated heterocycles. The standard InChI is InChI=1S/C35H29N2O5PS/c38-32(33(43(40,41)42)27-13-7-11-22-8-3-4-12-26(22)27)28-20-24-9-1-2-10-25(24)21-29(28)35(39)37-18-16-23(17-19-37)34-36-30-14-5-6-15-31(30)44-34/h1-15,20-21,23,33H,16-19H2,(H2,40,41,42). The first kappa shape index (κ1) is 28.6. The lowest BCUT2D eigenvalue weighted by atomic mass is 9.91. The van der Waals surface area contributed by atoms with E-state index in [9.17, 15) is 23.9 Å². The number of rotatable bonds is 6. The van der Waals surface area contributed by atoms with E-state index in [2.05, 4.69) is 6.07 Å². The summed E-state index contributed by atoms with van der Waals surface area (Å²) in [5.41, 5.74) is -0.360. The lowest BCUT2D eigenvalue weighted by molar-refractivity contribution is 0.0708. The van der Waals surface area contributed by atoms with Gasteiger partial charge in [-0.05, 0) is 64.2 Å². The third-order valence-electron chi connectivity index (χ3n) is 8.53. The zero-order valence-electron chi connectivity index (χ0n) is 23.7. The molecule has 2 N–H and O–H groups in total. The molecule has 0 aliphatic carbocycles. The monoisotopic (exact) mass is 620 g/mol. The number of ketones is 1. The van der Waals surface area contributed by atoms with Crippen molar-refractivity contribution in [3.63, 3.8) is 0 Å². The Kier molecular flexibility index (Phi) is 7.39. The van der Waals surface area contributed by atoms with Gasteiger partial charge in [0.25, 0.3) is 5.91 Å². The second-order valence-corrected chi connectivity index (χ2v) is 14.0. The maximum atomic E-state index is 14.3. The molecule has 6 aromatic rings. The van der Waals surface area contributed by atoms with Crippen molar-refractivity contribution in [2.45, 2.75) is 24.4 Å². The first-order chi connectivity index (χ1) is 21.3. The van der Waals surface area contributed by atoms with Gasteiger partial charge in [-0.2, -0.15) is 0 Å². The van der Waals surface area contributed by atoms with Gasteiger partial charge in [-0.25, -0.2) is 4.98 Å². The van der Waals surface area contributed by atoms with Crippen LogP contribution in [0.3, 0.4) is 0 Å². The van der Waals surface area contributed by atoms with E-state index in [1.54, 1.807) is 52.6 Å². The van der Waals surface area contributed by atoms with Crippen LogP contribution in [0.1, 0.15) is 55.7 Å². The van der Waals surface area contributed by atoms with Gasteiger partial charge in [0, 0.05) is 24.6 Å². The van der Waals surface area contributed by atoms with E-state index in [1.165, 1.54) is 0 Å². The van der Waals surface area contributed by atoms with Crippen LogP contribution in [0.25, 0.3) is 31.8 Å². The number of amides is 1. The Bertz CT molecular complexity index is 2070. The van der Waals surface area contributed by atoms with Crippen LogP contribution >= 0.6 is 18.9 Å². The maximum absolute atomic E-state index is 14.3. The zero-order valence-corrected chi connectivity index (χ0v) is 25.4. The van der Waals surface area contributed by atoms with E-state index in [-0.39, 0.29) is 28.5 Å². The number of Topliss-reactive ketones (excluding diaryl/α,β-unsaturated/α-hetero) is 1. The van der Waals surface area contributed by atoms with E-state index >= 15 is 0 Å². The second kappa shape index (κ2) is 11.4. The summed E-state index contributed by atoms with van der Waals surface area (Å²) in [6.45, 7) is 0.982. The minimum atomic E-state index is -5.00. The predicted octanol–water partition coefficient (Wildman–Crippen LogP) is 7.72. The molecular weight excluding hydrogens is 591 g/mol. The molecule has 9 heteroatoms. The lowest BCUT2D eigenvalue weighted by Gasteiger charge is -2.32. The van der Waals surface area contributed by atoms with Gasteiger partial charge < -0.3 is 14.7 Å². The predicted molar refractivity (Wildman–Crippen MR) is 175 cm³/mol. The van der Waals surface area contributed by atoms with Gasteiger partial charge >= 0.3 is 7.60 Å². The molecule has 1 unspecified atom stereocenters. The number of hydrogen-bond donors (Lipinski definition) is 2. The quantitative estimate of drug-likeness (QED) is 0.146. The number of piperidine rings is 1. The minimum absolute atomic E-state index is 0.0169. The molecule has 1 fully saturated rings. The summed E-state index contributed by atoms with van der Waals surface area (Å²) in [7, 11) is -5.00. The SMILES string of the molecule is O=C(c1cc2ccccc2cc1C(=O)N1CCC(c2nc3ccccc3s2)CC1)C(c1cccc2ccccc12)P(=O)(O)O. The Labute approximate surface area is 257 Å². The van der Waals surface area contributed by atoms with Crippen molar-refractivity contribution in [1.29, 1.82) is 0 Å². The summed E-state index contributed by atoms with van der Waals surface area (Å²) in [4.78, 5) is 56.2. The smallest absolute Gasteiger partial charge is 0.339 e. The van der Waals surface area contributed by atoms with Crippen molar-refractivity contribution < 1.29 is 23.9 Å². The number of aromatic nitrogens is 1. The zero-order chi connectivity index (χ0) is 30.4. The molecule has 1 atom stereocenters. The van der Waals surface area contributed by atoms with Gasteiger partial charge in [-0.15, -0.1) is 11.3 Å². The van der Waals surface area contributed by atoms with Crippen LogP contribution in [0.2, 0.25) is 0 Å². The minimum Gasteiger partial charge on any atom is -0.339 e. The highest BCUT2D eigenvalue weighted by molar-refractivity contribution is 7.53. The van der Waals surface area contributed by atoms with Gasteiger partial charge in [0.2, 0.25) is 0 Å². The summed E-state index contributed by atoms with van der Waals surface area (Å²) >= 11 is 1.69. The Morgan fingerprint density at radius 3 is 2.11 bits per heavy atom. The van der Waals surface area contributed by atoms with E-state index in [0.717, 1.165) is 38.8 Å². The summed E-state index contributed by atoms with van der Waals surface area (Å²) in [6, 6.07) is 31.0. The number of thiazole rings is 1. The van der Waals surface area contributed by atoms with E-state index < -0.39 is 19.0 Å². The molecule has 0 spiro atoms. The number of nitrogens with zero attached hydrogens (tertiary/aromatic N) is 2. The molecule has 0 radical (unpaired) electrons. The lowest BCUT2D eigenvalue weighted by Crippen LogP contribution is -2.38. The average molecular weight is 621 g/mol. The van der Waals surface area contributed by atoms with Crippen molar-refractivity contribution >= 4 is 62.4 Å². The Hall–Kier alpha value is -4.20. The molecule has 7 rings (SSSR count). The molecule has 0 saturated carbocycles. The van der Waals surface area contributed by atoms with Gasteiger partial charge in [-0.1, -0.05) is 78.9 Å². The highest BCUT2D eigenvalue weighted by Crippen LogP contribution is 2.55. The van der Waals surface area contributed by atoms with Crippen molar-refractivity contribution in [1.82, 2.24) is 9.88 Å². The van der Waals surface area contributed by atoms with Crippen LogP contribution in [-0.4, -0.2) is 44.5 Å². The van der Waals surface area contributed by atoms with Crippen molar-refractivity contribution in [2.75, 3.05) is 13.1 Å². The molecular formula is C35H29N2O5PS. The third kappa shape index (κ3) is 5.24. The maximum Gasteiger partial charge on any atom is 0.340 e. The molecule has 44 heavy (non-hydrogen) atoms. The van der Waals surface area contributed by atoms with Gasteiger partial charge in [0.1, 0.15) is 5.66 Å². The normalized spacial score (nSPS) is 15.2. The van der Waals surface area contributed by atoms with Gasteiger partial charge in [-0.3, -0.25) is 14.2 Å². The van der Waals surface area contributed by atoms with Crippen molar-refractivity contribution in [2.24, 2.45) is 0 Å². The summed E-state index contributed by atoms with van der Waals surface area (Å²) < 4.78 is 14.2. The van der Waals surface area contributed by atoms with Crippen LogP contribution in [-0.2, 0) is 4.57 Å². The average Bonchev–Trinajstić information content (AvgIpc) is 3.48. The molecule has 2 heterocycles. The number of hydrogen-bond acceptors (Lipinski definition) is 5. The summed E-state index contributed by atoms with van der Waals surface area (Å²) in [5.74, 6) is -0.850. The fraction of sp³-hybridized carbons (Fsp3) is 0.171. The number of benzene rings is 5. The molecule has 1 aliphatic rings. The number of carbonyl (C=O) groups excluding carboxylic acids is 2. The van der Waals surface area contributed by atoms with Crippen LogP contribution in [0.15, 0.2) is 103 Å². The second-order valence-electron chi connectivity index (χ2n) is 11.3. The van der Waals surface area contributed by atoms with Crippen LogP contribution in [0.4, 0.5) is 0 Å². The molecule has 5 aromatic carbocycles. The first-order valence-electron chi connectivity index (χ1n) is 14.5. The molecule has 1 amide bonds. The molecule has 1 aromatic heterocycles. The van der Waals surface area contributed by atoms with E-state index in [0.29, 0.717) is 23.9 Å². The van der Waals surface area contributed by atoms with Crippen LogP contribution in [0, 0.1) is 0 Å².